The van der Waals surface area contributed by atoms with E-state index in [0.717, 1.165) is 12.4 Å². The first-order valence-electron chi connectivity index (χ1n) is 5.80. The molecule has 1 atom stereocenters. The van der Waals surface area contributed by atoms with Crippen LogP contribution in [-0.4, -0.2) is 48.7 Å². The zero-order chi connectivity index (χ0) is 12.8. The summed E-state index contributed by atoms with van der Waals surface area (Å²) in [6, 6.07) is 2.16. The van der Waals surface area contributed by atoms with Gasteiger partial charge in [0, 0.05) is 18.7 Å². The molecule has 0 aliphatic heterocycles. The van der Waals surface area contributed by atoms with Gasteiger partial charge in [0.15, 0.2) is 0 Å². The molecule has 0 spiro atoms. The number of anilines is 1. The minimum Gasteiger partial charge on any atom is -0.481 e. The topological polar surface area (TPSA) is 50.3 Å². The Balaban J connectivity index is 2.71. The van der Waals surface area contributed by atoms with E-state index in [0.29, 0.717) is 17.8 Å². The van der Waals surface area contributed by atoms with Crippen molar-refractivity contribution in [3.05, 3.63) is 12.4 Å². The smallest absolute Gasteiger partial charge is 0.218 e. The molecule has 0 aliphatic carbocycles. The van der Waals surface area contributed by atoms with E-state index in [1.54, 1.807) is 7.11 Å². The minimum atomic E-state index is 0.351. The lowest BCUT2D eigenvalue weighted by Gasteiger charge is -2.26. The van der Waals surface area contributed by atoms with Gasteiger partial charge in [0.2, 0.25) is 5.88 Å². The first-order chi connectivity index (χ1) is 8.02. The van der Waals surface area contributed by atoms with Crippen LogP contribution < -0.4 is 10.1 Å². The second-order valence-electron chi connectivity index (χ2n) is 4.70. The fourth-order valence-electron chi connectivity index (χ4n) is 1.54. The lowest BCUT2D eigenvalue weighted by molar-refractivity contribution is 0.344. The number of methoxy groups -OCH3 is 1. The molecule has 0 fully saturated rings. The summed E-state index contributed by atoms with van der Waals surface area (Å²) < 4.78 is 5.08. The third-order valence-electron chi connectivity index (χ3n) is 2.55. The van der Waals surface area contributed by atoms with E-state index in [9.17, 15) is 0 Å². The number of hydrogen-bond donors (Lipinski definition) is 1. The number of ether oxygens (including phenoxy) is 1. The second kappa shape index (κ2) is 6.39. The highest BCUT2D eigenvalue weighted by atomic mass is 16.5. The molecule has 0 radical (unpaired) electrons. The summed E-state index contributed by atoms with van der Waals surface area (Å²) in [5.41, 5.74) is 0. The molecule has 0 aromatic carbocycles. The molecular formula is C12H22N4O. The van der Waals surface area contributed by atoms with Crippen LogP contribution in [0.1, 0.15) is 13.8 Å². The van der Waals surface area contributed by atoms with Gasteiger partial charge in [-0.3, -0.25) is 0 Å². The van der Waals surface area contributed by atoms with E-state index in [2.05, 4.69) is 48.1 Å². The molecule has 0 bridgehead atoms. The SMILES string of the molecule is COc1cc(NC(CN(C)C)C(C)C)ncn1. The standard InChI is InChI=1S/C12H22N4O/c1-9(2)10(7-16(3)4)15-11-6-12(17-5)14-8-13-11/h6,8-10H,7H2,1-5H3,(H,13,14,15). The van der Waals surface area contributed by atoms with Crippen LogP contribution in [0, 0.1) is 5.92 Å². The number of likely N-dealkylation sites (N-methyl/N-ethyl adjacent to an activating group) is 1. The predicted molar refractivity (Wildman–Crippen MR) is 69.4 cm³/mol. The molecule has 5 nitrogen and oxygen atoms in total. The minimum absolute atomic E-state index is 0.351. The Morgan fingerprint density at radius 3 is 2.59 bits per heavy atom. The molecule has 0 aliphatic rings. The van der Waals surface area contributed by atoms with E-state index >= 15 is 0 Å². The van der Waals surface area contributed by atoms with Crippen LogP contribution in [0.4, 0.5) is 5.82 Å². The van der Waals surface area contributed by atoms with E-state index in [1.807, 2.05) is 6.07 Å². The summed E-state index contributed by atoms with van der Waals surface area (Å²) in [4.78, 5) is 10.3. The van der Waals surface area contributed by atoms with Crippen LogP contribution in [-0.2, 0) is 0 Å². The Morgan fingerprint density at radius 2 is 2.06 bits per heavy atom. The van der Waals surface area contributed by atoms with Crippen molar-refractivity contribution in [3.8, 4) is 5.88 Å². The zero-order valence-corrected chi connectivity index (χ0v) is 11.3. The zero-order valence-electron chi connectivity index (χ0n) is 11.3. The molecule has 1 aromatic heterocycles. The Kier molecular flexibility index (Phi) is 5.15. The Labute approximate surface area is 103 Å². The van der Waals surface area contributed by atoms with Gasteiger partial charge in [-0.2, -0.15) is 0 Å². The molecule has 96 valence electrons. The van der Waals surface area contributed by atoms with Crippen molar-refractivity contribution in [2.75, 3.05) is 33.1 Å². The van der Waals surface area contributed by atoms with E-state index in [-0.39, 0.29) is 0 Å². The van der Waals surface area contributed by atoms with Crippen molar-refractivity contribution < 1.29 is 4.74 Å². The fourth-order valence-corrected chi connectivity index (χ4v) is 1.54. The van der Waals surface area contributed by atoms with Gasteiger partial charge in [0.25, 0.3) is 0 Å². The molecule has 1 aromatic rings. The Hall–Kier alpha value is -1.36. The quantitative estimate of drug-likeness (QED) is 0.813. The first-order valence-corrected chi connectivity index (χ1v) is 5.80. The molecule has 0 amide bonds. The second-order valence-corrected chi connectivity index (χ2v) is 4.70. The van der Waals surface area contributed by atoms with Crippen LogP contribution in [0.5, 0.6) is 5.88 Å². The molecule has 1 rings (SSSR count). The van der Waals surface area contributed by atoms with Crippen LogP contribution >= 0.6 is 0 Å². The van der Waals surface area contributed by atoms with Gasteiger partial charge in [-0.05, 0) is 20.0 Å². The number of aromatic nitrogens is 2. The largest absolute Gasteiger partial charge is 0.481 e. The summed E-state index contributed by atoms with van der Waals surface area (Å²) in [6.45, 7) is 5.35. The third kappa shape index (κ3) is 4.56. The van der Waals surface area contributed by atoms with Crippen molar-refractivity contribution in [2.24, 2.45) is 5.92 Å². The highest BCUT2D eigenvalue weighted by Gasteiger charge is 2.14. The molecule has 5 heteroatoms. The van der Waals surface area contributed by atoms with Gasteiger partial charge >= 0.3 is 0 Å². The highest BCUT2D eigenvalue weighted by Crippen LogP contribution is 2.14. The van der Waals surface area contributed by atoms with E-state index in [1.165, 1.54) is 6.33 Å². The molecule has 0 saturated heterocycles. The summed E-state index contributed by atoms with van der Waals surface area (Å²) in [6.07, 6.45) is 1.51. The molecule has 17 heavy (non-hydrogen) atoms. The maximum absolute atomic E-state index is 5.08. The predicted octanol–water partition coefficient (Wildman–Crippen LogP) is 1.48. The van der Waals surface area contributed by atoms with Crippen molar-refractivity contribution >= 4 is 5.82 Å². The van der Waals surface area contributed by atoms with Crippen LogP contribution in [0.15, 0.2) is 12.4 Å². The van der Waals surface area contributed by atoms with Crippen LogP contribution in [0.25, 0.3) is 0 Å². The van der Waals surface area contributed by atoms with Gasteiger partial charge < -0.3 is 15.0 Å². The lowest BCUT2D eigenvalue weighted by atomic mass is 10.0. The van der Waals surface area contributed by atoms with Gasteiger partial charge in [-0.25, -0.2) is 9.97 Å². The van der Waals surface area contributed by atoms with E-state index in [4.69, 9.17) is 4.74 Å². The number of hydrogen-bond acceptors (Lipinski definition) is 5. The number of rotatable bonds is 6. The monoisotopic (exact) mass is 238 g/mol. The Morgan fingerprint density at radius 1 is 1.35 bits per heavy atom. The average molecular weight is 238 g/mol. The molecule has 1 heterocycles. The number of nitrogens with zero attached hydrogens (tertiary/aromatic N) is 3. The van der Waals surface area contributed by atoms with Gasteiger partial charge in [0.05, 0.1) is 7.11 Å². The molecule has 0 saturated carbocycles. The third-order valence-corrected chi connectivity index (χ3v) is 2.55. The summed E-state index contributed by atoms with van der Waals surface area (Å²) in [5, 5.41) is 3.41. The normalized spacial score (nSPS) is 12.9. The molecule has 1 unspecified atom stereocenters. The first kappa shape index (κ1) is 13.7. The van der Waals surface area contributed by atoms with Gasteiger partial charge in [0.1, 0.15) is 12.1 Å². The number of nitrogens with one attached hydrogen (secondary N) is 1. The van der Waals surface area contributed by atoms with Crippen LogP contribution in [0.3, 0.4) is 0 Å². The van der Waals surface area contributed by atoms with Crippen molar-refractivity contribution in [1.29, 1.82) is 0 Å². The maximum atomic E-state index is 5.08. The van der Waals surface area contributed by atoms with E-state index < -0.39 is 0 Å². The van der Waals surface area contributed by atoms with Crippen LogP contribution in [0.2, 0.25) is 0 Å². The Bertz CT molecular complexity index is 341. The van der Waals surface area contributed by atoms with Crippen molar-refractivity contribution in [3.63, 3.8) is 0 Å². The van der Waals surface area contributed by atoms with Crippen molar-refractivity contribution in [1.82, 2.24) is 14.9 Å². The summed E-state index contributed by atoms with van der Waals surface area (Å²) in [5.74, 6) is 1.91. The fraction of sp³-hybridized carbons (Fsp3) is 0.667. The lowest BCUT2D eigenvalue weighted by Crippen LogP contribution is -2.36. The molecule has 1 N–H and O–H groups in total. The maximum Gasteiger partial charge on any atom is 0.218 e. The van der Waals surface area contributed by atoms with Crippen molar-refractivity contribution in [2.45, 2.75) is 19.9 Å². The highest BCUT2D eigenvalue weighted by molar-refractivity contribution is 5.38. The average Bonchev–Trinajstić information content (AvgIpc) is 2.27. The van der Waals surface area contributed by atoms with Gasteiger partial charge in [-0.15, -0.1) is 0 Å². The summed E-state index contributed by atoms with van der Waals surface area (Å²) >= 11 is 0. The molecular weight excluding hydrogens is 216 g/mol. The summed E-state index contributed by atoms with van der Waals surface area (Å²) in [7, 11) is 5.74. The van der Waals surface area contributed by atoms with Gasteiger partial charge in [-0.1, -0.05) is 13.8 Å².